The van der Waals surface area contributed by atoms with Gasteiger partial charge in [0.05, 0.1) is 6.54 Å². The maximum Gasteiger partial charge on any atom is 0.244 e. The third kappa shape index (κ3) is 4.08. The van der Waals surface area contributed by atoms with Crippen molar-refractivity contribution >= 4 is 23.5 Å². The van der Waals surface area contributed by atoms with Crippen LogP contribution in [0.4, 0.5) is 11.6 Å². The number of carbonyl (C=O) groups is 2. The molecule has 1 aliphatic heterocycles. The number of nitrogens with one attached hydrogen (secondary N) is 1. The van der Waals surface area contributed by atoms with Crippen molar-refractivity contribution in [3.63, 3.8) is 0 Å². The van der Waals surface area contributed by atoms with E-state index in [1.165, 1.54) is 6.33 Å². The van der Waals surface area contributed by atoms with E-state index in [9.17, 15) is 9.59 Å². The third-order valence-corrected chi connectivity index (χ3v) is 4.02. The highest BCUT2D eigenvalue weighted by Gasteiger charge is 2.23. The lowest BCUT2D eigenvalue weighted by molar-refractivity contribution is -0.130. The van der Waals surface area contributed by atoms with Gasteiger partial charge in [0, 0.05) is 39.8 Å². The number of carbonyl (C=O) groups excluding carboxylic acids is 2. The predicted molar refractivity (Wildman–Crippen MR) is 88.3 cm³/mol. The van der Waals surface area contributed by atoms with Gasteiger partial charge in [-0.05, 0) is 13.8 Å². The number of nitrogens with zero attached hydrogens (tertiary/aromatic N) is 5. The zero-order valence-corrected chi connectivity index (χ0v) is 14.1. The second kappa shape index (κ2) is 7.26. The lowest BCUT2D eigenvalue weighted by Crippen LogP contribution is -2.48. The Balaban J connectivity index is 2.05. The fourth-order valence-electron chi connectivity index (χ4n) is 2.32. The van der Waals surface area contributed by atoms with Crippen molar-refractivity contribution in [3.05, 3.63) is 12.4 Å². The Bertz CT molecular complexity index is 579. The highest BCUT2D eigenvalue weighted by Crippen LogP contribution is 2.17. The van der Waals surface area contributed by atoms with Gasteiger partial charge in [-0.25, -0.2) is 9.97 Å². The monoisotopic (exact) mass is 320 g/mol. The summed E-state index contributed by atoms with van der Waals surface area (Å²) in [5.41, 5.74) is 0. The first kappa shape index (κ1) is 17.0. The molecular weight excluding hydrogens is 296 g/mol. The second-order valence-corrected chi connectivity index (χ2v) is 5.72. The number of rotatable bonds is 5. The predicted octanol–water partition coefficient (Wildman–Crippen LogP) is 0.0337. The molecule has 1 aromatic rings. The minimum atomic E-state index is -0.378. The van der Waals surface area contributed by atoms with Crippen molar-refractivity contribution in [1.29, 1.82) is 0 Å². The Labute approximate surface area is 136 Å². The maximum atomic E-state index is 12.1. The Morgan fingerprint density at radius 3 is 2.83 bits per heavy atom. The summed E-state index contributed by atoms with van der Waals surface area (Å²) in [6.07, 6.45) is 1.45. The molecule has 1 aromatic heterocycles. The largest absolute Gasteiger partial charge is 0.358 e. The zero-order chi connectivity index (χ0) is 17.0. The smallest absolute Gasteiger partial charge is 0.244 e. The highest BCUT2D eigenvalue weighted by atomic mass is 16.2. The second-order valence-electron chi connectivity index (χ2n) is 5.72. The summed E-state index contributed by atoms with van der Waals surface area (Å²) in [6, 6.07) is 1.39. The first-order valence-electron chi connectivity index (χ1n) is 7.74. The molecule has 1 aliphatic rings. The van der Waals surface area contributed by atoms with Gasteiger partial charge in [0.1, 0.15) is 24.0 Å². The number of piperazine rings is 1. The Hall–Kier alpha value is -2.38. The lowest BCUT2D eigenvalue weighted by Gasteiger charge is -2.32. The van der Waals surface area contributed by atoms with Crippen molar-refractivity contribution in [2.24, 2.45) is 0 Å². The van der Waals surface area contributed by atoms with Gasteiger partial charge in [-0.2, -0.15) is 0 Å². The van der Waals surface area contributed by atoms with Crippen LogP contribution in [-0.4, -0.2) is 77.9 Å². The van der Waals surface area contributed by atoms with Crippen LogP contribution in [0.2, 0.25) is 0 Å². The first-order chi connectivity index (χ1) is 10.9. The van der Waals surface area contributed by atoms with E-state index < -0.39 is 0 Å². The molecule has 1 fully saturated rings. The van der Waals surface area contributed by atoms with Gasteiger partial charge >= 0.3 is 0 Å². The van der Waals surface area contributed by atoms with Gasteiger partial charge < -0.3 is 20.0 Å². The third-order valence-electron chi connectivity index (χ3n) is 4.02. The summed E-state index contributed by atoms with van der Waals surface area (Å²) in [5.74, 6) is 1.33. The Morgan fingerprint density at radius 2 is 2.17 bits per heavy atom. The molecule has 1 saturated heterocycles. The van der Waals surface area contributed by atoms with Crippen LogP contribution < -0.4 is 10.2 Å². The topological polar surface area (TPSA) is 81.7 Å². The zero-order valence-electron chi connectivity index (χ0n) is 14.1. The van der Waals surface area contributed by atoms with Crippen molar-refractivity contribution in [3.8, 4) is 0 Å². The van der Waals surface area contributed by atoms with E-state index in [2.05, 4.69) is 15.3 Å². The van der Waals surface area contributed by atoms with Crippen LogP contribution in [0.3, 0.4) is 0 Å². The molecular formula is C15H24N6O2. The number of hydrogen-bond donors (Lipinski definition) is 1. The van der Waals surface area contributed by atoms with Crippen LogP contribution in [0.5, 0.6) is 0 Å². The average molecular weight is 320 g/mol. The van der Waals surface area contributed by atoms with Crippen LogP contribution in [0.15, 0.2) is 12.4 Å². The minimum absolute atomic E-state index is 0.00226. The van der Waals surface area contributed by atoms with Crippen LogP contribution in [-0.2, 0) is 9.59 Å². The molecule has 126 valence electrons. The van der Waals surface area contributed by atoms with Gasteiger partial charge in [0.2, 0.25) is 11.8 Å². The molecule has 0 aromatic carbocycles. The van der Waals surface area contributed by atoms with E-state index >= 15 is 0 Å². The fraction of sp³-hybridized carbons (Fsp3) is 0.600. The normalized spacial score (nSPS) is 16.3. The van der Waals surface area contributed by atoms with E-state index in [1.54, 1.807) is 36.9 Å². The molecule has 0 spiro atoms. The number of anilines is 2. The summed E-state index contributed by atoms with van der Waals surface area (Å²) in [6.45, 7) is 6.09. The van der Waals surface area contributed by atoms with Crippen LogP contribution in [0.25, 0.3) is 0 Å². The summed E-state index contributed by atoms with van der Waals surface area (Å²) >= 11 is 0. The van der Waals surface area contributed by atoms with E-state index in [0.717, 1.165) is 6.54 Å². The molecule has 8 heteroatoms. The molecule has 2 amide bonds. The Kier molecular flexibility index (Phi) is 5.36. The molecule has 0 radical (unpaired) electrons. The number of likely N-dealkylation sites (N-methyl/N-ethyl adjacent to an activating group) is 2. The van der Waals surface area contributed by atoms with Gasteiger partial charge in [0.25, 0.3) is 0 Å². The van der Waals surface area contributed by atoms with Gasteiger partial charge in [-0.1, -0.05) is 0 Å². The summed E-state index contributed by atoms with van der Waals surface area (Å²) in [4.78, 5) is 37.6. The van der Waals surface area contributed by atoms with E-state index in [1.807, 2.05) is 11.8 Å². The molecule has 8 nitrogen and oxygen atoms in total. The van der Waals surface area contributed by atoms with Gasteiger partial charge in [-0.15, -0.1) is 0 Å². The first-order valence-corrected chi connectivity index (χ1v) is 7.74. The quantitative estimate of drug-likeness (QED) is 0.824. The number of amides is 2. The van der Waals surface area contributed by atoms with E-state index in [4.69, 9.17) is 0 Å². The molecule has 0 bridgehead atoms. The van der Waals surface area contributed by atoms with E-state index in [-0.39, 0.29) is 17.9 Å². The molecule has 0 aliphatic carbocycles. The van der Waals surface area contributed by atoms with Crippen molar-refractivity contribution in [1.82, 2.24) is 19.8 Å². The van der Waals surface area contributed by atoms with Gasteiger partial charge in [0.15, 0.2) is 0 Å². The van der Waals surface area contributed by atoms with Crippen molar-refractivity contribution < 1.29 is 9.59 Å². The van der Waals surface area contributed by atoms with Crippen LogP contribution in [0.1, 0.15) is 13.8 Å². The average Bonchev–Trinajstić information content (AvgIpc) is 2.56. The van der Waals surface area contributed by atoms with Crippen LogP contribution in [0, 0.1) is 0 Å². The molecule has 23 heavy (non-hydrogen) atoms. The SMILES string of the molecule is CCN(C)C(=O)C(C)Nc1cc(N2CCN(C)C(=O)C2)ncn1. The lowest BCUT2D eigenvalue weighted by atomic mass is 10.3. The standard InChI is InChI=1S/C15H24N6O2/c1-5-19(3)15(23)11(2)18-12-8-13(17-10-16-12)21-7-6-20(4)14(22)9-21/h8,10-11H,5-7,9H2,1-4H3,(H,16,17,18). The summed E-state index contributed by atoms with van der Waals surface area (Å²) in [5, 5.41) is 3.09. The molecule has 1 atom stereocenters. The van der Waals surface area contributed by atoms with Gasteiger partial charge in [-0.3, -0.25) is 9.59 Å². The summed E-state index contributed by atoms with van der Waals surface area (Å²) in [7, 11) is 3.56. The molecule has 0 saturated carbocycles. The van der Waals surface area contributed by atoms with Crippen molar-refractivity contribution in [2.45, 2.75) is 19.9 Å². The minimum Gasteiger partial charge on any atom is -0.358 e. The molecule has 1 N–H and O–H groups in total. The summed E-state index contributed by atoms with van der Waals surface area (Å²) < 4.78 is 0. The molecule has 1 unspecified atom stereocenters. The maximum absolute atomic E-state index is 12.1. The van der Waals surface area contributed by atoms with Crippen LogP contribution >= 0.6 is 0 Å². The number of hydrogen-bond acceptors (Lipinski definition) is 6. The van der Waals surface area contributed by atoms with Crippen molar-refractivity contribution in [2.75, 3.05) is 50.5 Å². The highest BCUT2D eigenvalue weighted by molar-refractivity contribution is 5.84. The Morgan fingerprint density at radius 1 is 1.43 bits per heavy atom. The van der Waals surface area contributed by atoms with E-state index in [0.29, 0.717) is 31.3 Å². The number of aromatic nitrogens is 2. The molecule has 2 rings (SSSR count). The molecule has 2 heterocycles. The fourth-order valence-corrected chi connectivity index (χ4v) is 2.32.